The van der Waals surface area contributed by atoms with Crippen molar-refractivity contribution in [3.8, 4) is 0 Å². The summed E-state index contributed by atoms with van der Waals surface area (Å²) in [5.74, 6) is -2.20. The molecule has 1 rings (SSSR count). The molecule has 0 saturated carbocycles. The van der Waals surface area contributed by atoms with E-state index in [4.69, 9.17) is 0 Å². The summed E-state index contributed by atoms with van der Waals surface area (Å²) in [5.41, 5.74) is -1.59. The maximum atomic E-state index is 11.5. The molecule has 1 unspecified atom stereocenters. The second kappa shape index (κ2) is 4.04. The van der Waals surface area contributed by atoms with E-state index in [1.807, 2.05) is 0 Å². The normalized spacial score (nSPS) is 28.4. The molecular weight excluding hydrogens is 234 g/mol. The van der Waals surface area contributed by atoms with Crippen LogP contribution in [-0.2, 0) is 19.4 Å². The zero-order valence-corrected chi connectivity index (χ0v) is 10.1. The molecular formula is C9H15NO5S. The smallest absolute Gasteiger partial charge is 0.330 e. The highest BCUT2D eigenvalue weighted by molar-refractivity contribution is 7.91. The monoisotopic (exact) mass is 249 g/mol. The molecule has 0 aromatic heterocycles. The summed E-state index contributed by atoms with van der Waals surface area (Å²) in [7, 11) is -2.06. The summed E-state index contributed by atoms with van der Waals surface area (Å²) in [6.45, 7) is 1.23. The van der Waals surface area contributed by atoms with Gasteiger partial charge in [-0.3, -0.25) is 4.79 Å². The molecule has 1 aliphatic rings. The lowest BCUT2D eigenvalue weighted by molar-refractivity contribution is -0.156. The maximum Gasteiger partial charge on any atom is 0.330 e. The number of carbonyl (C=O) groups is 2. The van der Waals surface area contributed by atoms with Gasteiger partial charge in [0.25, 0.3) is 0 Å². The summed E-state index contributed by atoms with van der Waals surface area (Å²) in [5, 5.41) is 9.18. The highest BCUT2D eigenvalue weighted by Crippen LogP contribution is 2.28. The Balaban J connectivity index is 3.16. The van der Waals surface area contributed by atoms with E-state index in [2.05, 4.69) is 0 Å². The topological polar surface area (TPSA) is 91.8 Å². The standard InChI is InChI=1S/C9H15NO5S/c1-7(11)10(2)9(8(12)13)4-3-5-16(14,15)6-9/h3-6H2,1-2H3,(H,12,13). The molecule has 7 heteroatoms. The molecule has 92 valence electrons. The van der Waals surface area contributed by atoms with E-state index in [-0.39, 0.29) is 18.6 Å². The van der Waals surface area contributed by atoms with Gasteiger partial charge in [-0.2, -0.15) is 0 Å². The largest absolute Gasteiger partial charge is 0.479 e. The number of hydrogen-bond acceptors (Lipinski definition) is 4. The zero-order chi connectivity index (χ0) is 12.6. The van der Waals surface area contributed by atoms with Crippen molar-refractivity contribution in [2.45, 2.75) is 25.3 Å². The number of rotatable bonds is 2. The Labute approximate surface area is 94.2 Å². The minimum absolute atomic E-state index is 0.00618. The van der Waals surface area contributed by atoms with Crippen LogP contribution in [0.15, 0.2) is 0 Å². The number of amides is 1. The van der Waals surface area contributed by atoms with E-state index in [0.29, 0.717) is 0 Å². The van der Waals surface area contributed by atoms with Gasteiger partial charge >= 0.3 is 5.97 Å². The Kier molecular flexibility index (Phi) is 3.27. The molecule has 0 aromatic carbocycles. The van der Waals surface area contributed by atoms with Crippen LogP contribution < -0.4 is 0 Å². The molecule has 16 heavy (non-hydrogen) atoms. The predicted octanol–water partition coefficient (Wildman–Crippen LogP) is -0.503. The van der Waals surface area contributed by atoms with Crippen molar-refractivity contribution in [2.75, 3.05) is 18.6 Å². The number of carbonyl (C=O) groups excluding carboxylic acids is 1. The van der Waals surface area contributed by atoms with Gasteiger partial charge in [0.15, 0.2) is 15.4 Å². The molecule has 0 bridgehead atoms. The van der Waals surface area contributed by atoms with Gasteiger partial charge in [-0.15, -0.1) is 0 Å². The quantitative estimate of drug-likeness (QED) is 0.712. The molecule has 0 spiro atoms. The molecule has 1 aliphatic heterocycles. The van der Waals surface area contributed by atoms with Crippen LogP contribution in [0, 0.1) is 0 Å². The van der Waals surface area contributed by atoms with Crippen LogP contribution in [-0.4, -0.2) is 54.4 Å². The van der Waals surface area contributed by atoms with Crippen molar-refractivity contribution in [2.24, 2.45) is 0 Å². The average molecular weight is 249 g/mol. The SMILES string of the molecule is CC(=O)N(C)C1(C(=O)O)CCCS(=O)(=O)C1. The van der Waals surface area contributed by atoms with Crippen LogP contribution in [0.25, 0.3) is 0 Å². The van der Waals surface area contributed by atoms with Gasteiger partial charge in [0, 0.05) is 14.0 Å². The Morgan fingerprint density at radius 2 is 1.94 bits per heavy atom. The third kappa shape index (κ3) is 2.18. The molecule has 1 fully saturated rings. The number of likely N-dealkylation sites (N-methyl/N-ethyl adjacent to an activating group) is 1. The molecule has 1 atom stereocenters. The molecule has 1 saturated heterocycles. The number of carboxylic acid groups (broad SMARTS) is 1. The lowest BCUT2D eigenvalue weighted by Gasteiger charge is -2.39. The number of sulfone groups is 1. The van der Waals surface area contributed by atoms with Crippen molar-refractivity contribution < 1.29 is 23.1 Å². The van der Waals surface area contributed by atoms with Gasteiger partial charge in [0.05, 0.1) is 11.5 Å². The van der Waals surface area contributed by atoms with Crippen molar-refractivity contribution in [3.05, 3.63) is 0 Å². The summed E-state index contributed by atoms with van der Waals surface area (Å²) in [4.78, 5) is 23.5. The second-order valence-electron chi connectivity index (χ2n) is 4.11. The molecule has 0 radical (unpaired) electrons. The number of aliphatic carboxylic acids is 1. The summed E-state index contributed by atoms with van der Waals surface area (Å²) < 4.78 is 23.0. The number of carboxylic acids is 1. The van der Waals surface area contributed by atoms with E-state index in [1.54, 1.807) is 0 Å². The summed E-state index contributed by atoms with van der Waals surface area (Å²) >= 11 is 0. The Morgan fingerprint density at radius 1 is 1.38 bits per heavy atom. The fourth-order valence-corrected chi connectivity index (χ4v) is 3.89. The first-order chi connectivity index (χ1) is 7.21. The predicted molar refractivity (Wildman–Crippen MR) is 56.7 cm³/mol. The third-order valence-electron chi connectivity index (χ3n) is 3.02. The van der Waals surface area contributed by atoms with Gasteiger partial charge in [-0.1, -0.05) is 0 Å². The van der Waals surface area contributed by atoms with Crippen molar-refractivity contribution in [1.82, 2.24) is 4.90 Å². The second-order valence-corrected chi connectivity index (χ2v) is 6.29. The number of hydrogen-bond donors (Lipinski definition) is 1. The van der Waals surface area contributed by atoms with Crippen molar-refractivity contribution in [1.29, 1.82) is 0 Å². The van der Waals surface area contributed by atoms with Crippen LogP contribution in [0.1, 0.15) is 19.8 Å². The highest BCUT2D eigenvalue weighted by Gasteiger charge is 2.49. The van der Waals surface area contributed by atoms with Crippen LogP contribution in [0.3, 0.4) is 0 Å². The van der Waals surface area contributed by atoms with Crippen LogP contribution in [0.4, 0.5) is 0 Å². The van der Waals surface area contributed by atoms with E-state index in [9.17, 15) is 23.1 Å². The van der Waals surface area contributed by atoms with Gasteiger partial charge in [-0.05, 0) is 12.8 Å². The zero-order valence-electron chi connectivity index (χ0n) is 9.26. The minimum Gasteiger partial charge on any atom is -0.479 e. The molecule has 0 aliphatic carbocycles. The minimum atomic E-state index is -3.39. The Hall–Kier alpha value is -1.11. The first kappa shape index (κ1) is 13.0. The van der Waals surface area contributed by atoms with Gasteiger partial charge in [0.1, 0.15) is 0 Å². The average Bonchev–Trinajstić information content (AvgIpc) is 2.14. The summed E-state index contributed by atoms with van der Waals surface area (Å²) in [6, 6.07) is 0. The van der Waals surface area contributed by atoms with Gasteiger partial charge in [0.2, 0.25) is 5.91 Å². The first-order valence-corrected chi connectivity index (χ1v) is 6.72. The van der Waals surface area contributed by atoms with Crippen molar-refractivity contribution in [3.63, 3.8) is 0 Å². The highest BCUT2D eigenvalue weighted by atomic mass is 32.2. The molecule has 0 aromatic rings. The van der Waals surface area contributed by atoms with E-state index < -0.39 is 33.0 Å². The van der Waals surface area contributed by atoms with Crippen molar-refractivity contribution >= 4 is 21.7 Å². The van der Waals surface area contributed by atoms with E-state index >= 15 is 0 Å². The molecule has 1 N–H and O–H groups in total. The van der Waals surface area contributed by atoms with Crippen LogP contribution in [0.2, 0.25) is 0 Å². The third-order valence-corrected chi connectivity index (χ3v) is 4.84. The lowest BCUT2D eigenvalue weighted by atomic mass is 9.93. The molecule has 1 heterocycles. The fourth-order valence-electron chi connectivity index (χ4n) is 1.97. The van der Waals surface area contributed by atoms with Gasteiger partial charge in [-0.25, -0.2) is 13.2 Å². The van der Waals surface area contributed by atoms with Crippen LogP contribution in [0.5, 0.6) is 0 Å². The molecule has 6 nitrogen and oxygen atoms in total. The molecule has 1 amide bonds. The first-order valence-electron chi connectivity index (χ1n) is 4.89. The van der Waals surface area contributed by atoms with E-state index in [0.717, 1.165) is 4.90 Å². The van der Waals surface area contributed by atoms with Crippen LogP contribution >= 0.6 is 0 Å². The van der Waals surface area contributed by atoms with Gasteiger partial charge < -0.3 is 10.0 Å². The number of nitrogens with zero attached hydrogens (tertiary/aromatic N) is 1. The lowest BCUT2D eigenvalue weighted by Crippen LogP contribution is -2.60. The Morgan fingerprint density at radius 3 is 2.31 bits per heavy atom. The fraction of sp³-hybridized carbons (Fsp3) is 0.778. The van der Waals surface area contributed by atoms with E-state index in [1.165, 1.54) is 14.0 Å². The maximum absolute atomic E-state index is 11.5. The summed E-state index contributed by atoms with van der Waals surface area (Å²) in [6.07, 6.45) is 0.448. The Bertz CT molecular complexity index is 416.